The van der Waals surface area contributed by atoms with Crippen molar-refractivity contribution in [3.63, 3.8) is 0 Å². The van der Waals surface area contributed by atoms with E-state index in [4.69, 9.17) is 23.7 Å². The zero-order valence-electron chi connectivity index (χ0n) is 19.3. The molecule has 3 aromatic rings. The van der Waals surface area contributed by atoms with E-state index < -0.39 is 29.7 Å². The average Bonchev–Trinajstić information content (AvgIpc) is 3.47. The van der Waals surface area contributed by atoms with Gasteiger partial charge >= 0.3 is 5.97 Å². The van der Waals surface area contributed by atoms with Crippen LogP contribution in [0.3, 0.4) is 0 Å². The molecule has 0 unspecified atom stereocenters. The minimum atomic E-state index is -0.924. The van der Waals surface area contributed by atoms with Gasteiger partial charge < -0.3 is 34.0 Å². The molecule has 1 aliphatic carbocycles. The van der Waals surface area contributed by atoms with Crippen LogP contribution in [0.15, 0.2) is 41.3 Å². The number of carbonyl (C=O) groups is 2. The molecule has 0 atom stereocenters. The van der Waals surface area contributed by atoms with Gasteiger partial charge in [0.1, 0.15) is 5.56 Å². The lowest BCUT2D eigenvalue weighted by Gasteiger charge is -2.21. The van der Waals surface area contributed by atoms with E-state index in [2.05, 4.69) is 10.3 Å². The van der Waals surface area contributed by atoms with Crippen molar-refractivity contribution in [1.29, 1.82) is 0 Å². The molecule has 2 aromatic carbocycles. The van der Waals surface area contributed by atoms with E-state index in [1.807, 2.05) is 0 Å². The first kappa shape index (κ1) is 22.6. The average molecular weight is 480 g/mol. The molecule has 2 N–H and O–H groups in total. The smallest absolute Gasteiger partial charge is 0.344 e. The molecule has 2 heterocycles. The molecule has 10 heteroatoms. The molecule has 10 nitrogen and oxygen atoms in total. The first-order valence-corrected chi connectivity index (χ1v) is 11.2. The molecule has 1 fully saturated rings. The van der Waals surface area contributed by atoms with Crippen molar-refractivity contribution in [2.75, 3.05) is 26.1 Å². The fraction of sp³-hybridized carbons (Fsp3) is 0.320. The van der Waals surface area contributed by atoms with Gasteiger partial charge in [-0.1, -0.05) is 0 Å². The number of benzene rings is 2. The minimum absolute atomic E-state index is 0.224. The largest absolute Gasteiger partial charge is 0.493 e. The third-order valence-corrected chi connectivity index (χ3v) is 6.12. The van der Waals surface area contributed by atoms with E-state index in [-0.39, 0.29) is 10.9 Å². The van der Waals surface area contributed by atoms with Gasteiger partial charge in [-0.2, -0.15) is 0 Å². The molecular weight excluding hydrogens is 456 g/mol. The highest BCUT2D eigenvalue weighted by Crippen LogP contribution is 2.47. The number of pyridine rings is 1. The van der Waals surface area contributed by atoms with Gasteiger partial charge in [-0.25, -0.2) is 4.79 Å². The number of esters is 1. The molecule has 35 heavy (non-hydrogen) atoms. The molecule has 5 rings (SSSR count). The summed E-state index contributed by atoms with van der Waals surface area (Å²) in [5.41, 5.74) is 0.154. The van der Waals surface area contributed by atoms with Crippen LogP contribution in [0.1, 0.15) is 36.0 Å². The van der Waals surface area contributed by atoms with Crippen LogP contribution in [0.25, 0.3) is 10.9 Å². The number of nitrogens with one attached hydrogen (secondary N) is 2. The van der Waals surface area contributed by atoms with Crippen molar-refractivity contribution in [2.45, 2.75) is 31.5 Å². The Morgan fingerprint density at radius 3 is 2.49 bits per heavy atom. The first-order valence-electron chi connectivity index (χ1n) is 11.2. The third kappa shape index (κ3) is 4.23. The number of anilines is 1. The molecule has 1 aromatic heterocycles. The van der Waals surface area contributed by atoms with Gasteiger partial charge in [0.15, 0.2) is 29.6 Å². The normalized spacial score (nSPS) is 15.3. The molecule has 1 amide bonds. The predicted molar refractivity (Wildman–Crippen MR) is 125 cm³/mol. The summed E-state index contributed by atoms with van der Waals surface area (Å²) >= 11 is 0. The summed E-state index contributed by atoms with van der Waals surface area (Å²) in [7, 11) is 2.93. The minimum Gasteiger partial charge on any atom is -0.493 e. The second-order valence-electron chi connectivity index (χ2n) is 8.39. The number of carbonyl (C=O) groups excluding carboxylic acids is 2. The van der Waals surface area contributed by atoms with Crippen molar-refractivity contribution >= 4 is 28.5 Å². The maximum absolute atomic E-state index is 12.8. The molecular formula is C25H24N2O8. The van der Waals surface area contributed by atoms with E-state index in [1.54, 1.807) is 24.3 Å². The number of ether oxygens (including phenoxy) is 5. The topological polar surface area (TPSA) is 125 Å². The molecule has 0 saturated heterocycles. The zero-order valence-corrected chi connectivity index (χ0v) is 19.3. The maximum Gasteiger partial charge on any atom is 0.344 e. The lowest BCUT2D eigenvalue weighted by molar-refractivity contribution is -0.119. The van der Waals surface area contributed by atoms with Crippen LogP contribution in [0.2, 0.25) is 0 Å². The van der Waals surface area contributed by atoms with E-state index in [0.717, 1.165) is 25.7 Å². The van der Waals surface area contributed by atoms with Gasteiger partial charge in [0.2, 0.25) is 5.43 Å². The van der Waals surface area contributed by atoms with Gasteiger partial charge in [0.05, 0.1) is 25.1 Å². The highest BCUT2D eigenvalue weighted by molar-refractivity contribution is 5.97. The van der Waals surface area contributed by atoms with E-state index in [0.29, 0.717) is 34.2 Å². The number of methoxy groups -OCH3 is 2. The summed E-state index contributed by atoms with van der Waals surface area (Å²) < 4.78 is 27.5. The Hall–Kier alpha value is -4.21. The van der Waals surface area contributed by atoms with Gasteiger partial charge in [-0.15, -0.1) is 0 Å². The summed E-state index contributed by atoms with van der Waals surface area (Å²) in [5, 5.41) is 2.89. The summed E-state index contributed by atoms with van der Waals surface area (Å²) in [6.45, 7) is -0.569. The highest BCUT2D eigenvalue weighted by Gasteiger charge is 2.44. The van der Waals surface area contributed by atoms with Gasteiger partial charge in [0.25, 0.3) is 11.7 Å². The Kier molecular flexibility index (Phi) is 5.72. The van der Waals surface area contributed by atoms with Gasteiger partial charge in [0, 0.05) is 36.9 Å². The number of fused-ring (bicyclic) bond motifs is 2. The van der Waals surface area contributed by atoms with Crippen LogP contribution in [-0.4, -0.2) is 43.5 Å². The zero-order chi connectivity index (χ0) is 24.6. The second kappa shape index (κ2) is 8.86. The fourth-order valence-electron chi connectivity index (χ4n) is 4.39. The quantitative estimate of drug-likeness (QED) is 0.515. The summed E-state index contributed by atoms with van der Waals surface area (Å²) in [4.78, 5) is 40.6. The molecule has 1 saturated carbocycles. The Morgan fingerprint density at radius 2 is 1.74 bits per heavy atom. The number of rotatable bonds is 6. The lowest BCUT2D eigenvalue weighted by Crippen LogP contribution is -2.34. The molecule has 0 radical (unpaired) electrons. The third-order valence-electron chi connectivity index (χ3n) is 6.12. The fourth-order valence-corrected chi connectivity index (χ4v) is 4.39. The first-order chi connectivity index (χ1) is 16.9. The van der Waals surface area contributed by atoms with E-state index in [1.165, 1.54) is 26.5 Å². The van der Waals surface area contributed by atoms with Crippen molar-refractivity contribution < 1.29 is 33.3 Å². The Labute approximate surface area is 200 Å². The number of H-pyrrole nitrogens is 1. The number of aromatic nitrogens is 1. The number of amides is 1. The lowest BCUT2D eigenvalue weighted by atomic mass is 10.1. The standard InChI is InChI=1S/C25H24N2O8/c1-31-19-10-15-17(11-20(19)32-2)26-12-16(23(15)29)24(30)33-13-22(28)27-14-5-6-18-21(9-14)35-25(34-18)7-3-4-8-25/h5-6,9-12H,3-4,7-8,13H2,1-2H3,(H,26,29)(H,27,28). The maximum atomic E-state index is 12.8. The van der Waals surface area contributed by atoms with Crippen molar-refractivity contribution in [2.24, 2.45) is 0 Å². The molecule has 1 aliphatic heterocycles. The molecule has 1 spiro atoms. The predicted octanol–water partition coefficient (Wildman–Crippen LogP) is 3.38. The monoisotopic (exact) mass is 480 g/mol. The van der Waals surface area contributed by atoms with Crippen LogP contribution >= 0.6 is 0 Å². The van der Waals surface area contributed by atoms with Crippen LogP contribution < -0.4 is 29.7 Å². The molecule has 182 valence electrons. The van der Waals surface area contributed by atoms with Crippen LogP contribution in [-0.2, 0) is 9.53 Å². The number of aromatic amines is 1. The highest BCUT2D eigenvalue weighted by atomic mass is 16.7. The second-order valence-corrected chi connectivity index (χ2v) is 8.39. The SMILES string of the molecule is COc1cc2[nH]cc(C(=O)OCC(=O)Nc3ccc4c(c3)OC3(CCCC3)O4)c(=O)c2cc1OC. The van der Waals surface area contributed by atoms with Crippen molar-refractivity contribution in [3.05, 3.63) is 52.3 Å². The van der Waals surface area contributed by atoms with E-state index >= 15 is 0 Å². The van der Waals surface area contributed by atoms with Crippen LogP contribution in [0.4, 0.5) is 5.69 Å². The van der Waals surface area contributed by atoms with Crippen LogP contribution in [0.5, 0.6) is 23.0 Å². The number of hydrogen-bond acceptors (Lipinski definition) is 8. The van der Waals surface area contributed by atoms with Gasteiger partial charge in [-0.3, -0.25) is 9.59 Å². The van der Waals surface area contributed by atoms with Gasteiger partial charge in [-0.05, 0) is 31.0 Å². The van der Waals surface area contributed by atoms with E-state index in [9.17, 15) is 14.4 Å². The Morgan fingerprint density at radius 1 is 1.03 bits per heavy atom. The van der Waals surface area contributed by atoms with Crippen molar-refractivity contribution in [1.82, 2.24) is 4.98 Å². The summed E-state index contributed by atoms with van der Waals surface area (Å²) in [5.74, 6) is -0.0915. The Balaban J connectivity index is 1.24. The summed E-state index contributed by atoms with van der Waals surface area (Å²) in [6.07, 6.45) is 4.99. The van der Waals surface area contributed by atoms with Crippen molar-refractivity contribution in [3.8, 4) is 23.0 Å². The molecule has 2 aliphatic rings. The summed E-state index contributed by atoms with van der Waals surface area (Å²) in [6, 6.07) is 8.18. The number of hydrogen-bond donors (Lipinski definition) is 2. The molecule has 0 bridgehead atoms. The van der Waals surface area contributed by atoms with Crippen LogP contribution in [0, 0.1) is 0 Å². The Bertz CT molecular complexity index is 1370.